The van der Waals surface area contributed by atoms with Crippen molar-refractivity contribution in [3.63, 3.8) is 0 Å². The highest BCUT2D eigenvalue weighted by Gasteiger charge is 2.44. The minimum Gasteiger partial charge on any atom is -0.368 e. The lowest BCUT2D eigenvalue weighted by atomic mass is 9.94. The number of carbonyl (C=O) groups excluding carboxylic acids is 1. The fraction of sp³-hybridized carbons (Fsp3) is 0.548. The number of rotatable bonds is 8. The van der Waals surface area contributed by atoms with E-state index in [4.69, 9.17) is 9.72 Å². The Morgan fingerprint density at radius 2 is 1.70 bits per heavy atom. The molecule has 37 heavy (non-hydrogen) atoms. The molecule has 2 aliphatic heterocycles. The number of nitrogens with zero attached hydrogens (tertiary/aromatic N) is 3. The van der Waals surface area contributed by atoms with Crippen LogP contribution in [0.3, 0.4) is 0 Å². The highest BCUT2D eigenvalue weighted by Crippen LogP contribution is 2.43. The summed E-state index contributed by atoms with van der Waals surface area (Å²) in [5, 5.41) is 3.41. The van der Waals surface area contributed by atoms with Crippen LogP contribution in [0.1, 0.15) is 81.3 Å². The second-order valence-electron chi connectivity index (χ2n) is 11.4. The Morgan fingerprint density at radius 1 is 1.03 bits per heavy atom. The number of carbonyl (C=O) groups is 1. The molecule has 1 saturated carbocycles. The molecule has 0 spiro atoms. The molecule has 1 aliphatic carbocycles. The van der Waals surface area contributed by atoms with Gasteiger partial charge in [-0.1, -0.05) is 42.5 Å². The summed E-state index contributed by atoms with van der Waals surface area (Å²) < 4.78 is 8.29. The third-order valence-corrected chi connectivity index (χ3v) is 9.40. The van der Waals surface area contributed by atoms with E-state index < -0.39 is 5.60 Å². The van der Waals surface area contributed by atoms with Gasteiger partial charge in [-0.3, -0.25) is 9.69 Å². The molecule has 2 bridgehead atoms. The maximum Gasteiger partial charge on any atom is 0.252 e. The van der Waals surface area contributed by atoms with Crippen LogP contribution in [0.2, 0.25) is 0 Å². The van der Waals surface area contributed by atoms with E-state index in [1.165, 1.54) is 36.8 Å². The average Bonchev–Trinajstić information content (AvgIpc) is 3.60. The number of piperidine rings is 1. The Hall–Kier alpha value is -2.70. The van der Waals surface area contributed by atoms with Gasteiger partial charge in [0.05, 0.1) is 17.1 Å². The molecule has 3 aromatic rings. The molecule has 1 aromatic heterocycles. The molecule has 196 valence electrons. The molecule has 1 amide bonds. The predicted molar refractivity (Wildman–Crippen MR) is 146 cm³/mol. The van der Waals surface area contributed by atoms with Gasteiger partial charge >= 0.3 is 0 Å². The molecular formula is C31H40N4O2. The van der Waals surface area contributed by atoms with Crippen LogP contribution in [-0.4, -0.2) is 51.7 Å². The summed E-state index contributed by atoms with van der Waals surface area (Å²) in [6, 6.07) is 20.7. The highest BCUT2D eigenvalue weighted by molar-refractivity contribution is 5.86. The minimum absolute atomic E-state index is 0.00159. The van der Waals surface area contributed by atoms with E-state index >= 15 is 0 Å². The van der Waals surface area contributed by atoms with Gasteiger partial charge in [-0.15, -0.1) is 0 Å². The van der Waals surface area contributed by atoms with Crippen LogP contribution in [0.15, 0.2) is 54.6 Å². The first-order chi connectivity index (χ1) is 18.1. The largest absolute Gasteiger partial charge is 0.368 e. The molecule has 3 aliphatic rings. The summed E-state index contributed by atoms with van der Waals surface area (Å²) in [6.07, 6.45) is 9.54. The molecule has 6 heteroatoms. The van der Waals surface area contributed by atoms with Crippen molar-refractivity contribution in [3.8, 4) is 0 Å². The number of hydrogen-bond acceptors (Lipinski definition) is 4. The first-order valence-corrected chi connectivity index (χ1v) is 14.2. The number of methoxy groups -OCH3 is 1. The van der Waals surface area contributed by atoms with Crippen LogP contribution in [0, 0.1) is 6.92 Å². The van der Waals surface area contributed by atoms with Crippen LogP contribution >= 0.6 is 0 Å². The number of ether oxygens (including phenoxy) is 1. The number of hydrogen-bond donors (Lipinski definition) is 1. The number of aromatic nitrogens is 2. The van der Waals surface area contributed by atoms with Crippen molar-refractivity contribution >= 4 is 16.9 Å². The number of fused-ring (bicyclic) bond motifs is 3. The fourth-order valence-electron chi connectivity index (χ4n) is 7.49. The van der Waals surface area contributed by atoms with E-state index in [-0.39, 0.29) is 11.9 Å². The third kappa shape index (κ3) is 4.59. The highest BCUT2D eigenvalue weighted by atomic mass is 16.5. The Kier molecular flexibility index (Phi) is 6.80. The molecule has 0 radical (unpaired) electrons. The van der Waals surface area contributed by atoms with Crippen LogP contribution < -0.4 is 5.32 Å². The van der Waals surface area contributed by atoms with Crippen molar-refractivity contribution in [1.29, 1.82) is 0 Å². The Labute approximate surface area is 220 Å². The van der Waals surface area contributed by atoms with Gasteiger partial charge < -0.3 is 14.6 Å². The van der Waals surface area contributed by atoms with Gasteiger partial charge in [0.15, 0.2) is 0 Å². The predicted octanol–water partition coefficient (Wildman–Crippen LogP) is 5.72. The monoisotopic (exact) mass is 500 g/mol. The topological polar surface area (TPSA) is 59.4 Å². The van der Waals surface area contributed by atoms with Gasteiger partial charge in [-0.05, 0) is 82.4 Å². The summed E-state index contributed by atoms with van der Waals surface area (Å²) in [7, 11) is 1.69. The summed E-state index contributed by atoms with van der Waals surface area (Å²) in [5.74, 6) is 1.19. The van der Waals surface area contributed by atoms with Crippen molar-refractivity contribution in [2.75, 3.05) is 13.7 Å². The zero-order chi connectivity index (χ0) is 25.4. The SMILES string of the molecule is COC1(C(=O)N[C@H](CCN2C3CCC2CC(n2c(C)nc4ccccc42)C3)c2ccccc2)CCCC1. The van der Waals surface area contributed by atoms with Crippen molar-refractivity contribution in [3.05, 3.63) is 66.0 Å². The lowest BCUT2D eigenvalue weighted by molar-refractivity contribution is -0.143. The van der Waals surface area contributed by atoms with Gasteiger partial charge in [0.2, 0.25) is 0 Å². The van der Waals surface area contributed by atoms with Crippen LogP contribution in [-0.2, 0) is 9.53 Å². The number of aryl methyl sites for hydroxylation is 1. The Morgan fingerprint density at radius 3 is 2.41 bits per heavy atom. The molecule has 3 fully saturated rings. The number of amides is 1. The molecule has 1 N–H and O–H groups in total. The minimum atomic E-state index is -0.657. The third-order valence-electron chi connectivity index (χ3n) is 9.40. The normalized spacial score (nSPS) is 25.9. The summed E-state index contributed by atoms with van der Waals surface area (Å²) in [6.45, 7) is 3.16. The molecule has 6 nitrogen and oxygen atoms in total. The summed E-state index contributed by atoms with van der Waals surface area (Å²) >= 11 is 0. The fourth-order valence-corrected chi connectivity index (χ4v) is 7.49. The van der Waals surface area contributed by atoms with Gasteiger partial charge in [-0.2, -0.15) is 0 Å². The van der Waals surface area contributed by atoms with Crippen molar-refractivity contribution in [2.45, 2.75) is 94.5 Å². The zero-order valence-corrected chi connectivity index (χ0v) is 22.2. The van der Waals surface area contributed by atoms with E-state index in [0.717, 1.165) is 50.0 Å². The van der Waals surface area contributed by atoms with Crippen molar-refractivity contribution in [1.82, 2.24) is 19.8 Å². The summed E-state index contributed by atoms with van der Waals surface area (Å²) in [5.41, 5.74) is 2.90. The van der Waals surface area contributed by atoms with Gasteiger partial charge in [0.1, 0.15) is 11.4 Å². The number of benzene rings is 2. The molecule has 3 atom stereocenters. The molecule has 2 saturated heterocycles. The molecule has 2 unspecified atom stereocenters. The molecule has 6 rings (SSSR count). The maximum atomic E-state index is 13.4. The second kappa shape index (κ2) is 10.2. The van der Waals surface area contributed by atoms with Gasteiger partial charge in [-0.25, -0.2) is 4.98 Å². The zero-order valence-electron chi connectivity index (χ0n) is 22.2. The maximum absolute atomic E-state index is 13.4. The van der Waals surface area contributed by atoms with Crippen LogP contribution in [0.4, 0.5) is 0 Å². The standard InChI is InChI=1S/C31H40N4O2/c1-22-32-28-12-6-7-13-29(28)35(22)26-20-24-14-15-25(21-26)34(24)19-16-27(23-10-4-3-5-11-23)33-30(36)31(37-2)17-8-9-18-31/h3-7,10-13,24-27H,8-9,14-21H2,1-2H3,(H,33,36)/t24?,25?,26?,27-/m1/s1. The van der Waals surface area contributed by atoms with Crippen molar-refractivity contribution in [2.24, 2.45) is 0 Å². The van der Waals surface area contributed by atoms with E-state index in [1.807, 2.05) is 6.07 Å². The van der Waals surface area contributed by atoms with Gasteiger partial charge in [0, 0.05) is 31.8 Å². The van der Waals surface area contributed by atoms with E-state index in [9.17, 15) is 4.79 Å². The lowest BCUT2D eigenvalue weighted by Crippen LogP contribution is -2.49. The van der Waals surface area contributed by atoms with Crippen LogP contribution in [0.25, 0.3) is 11.0 Å². The Balaban J connectivity index is 1.16. The smallest absolute Gasteiger partial charge is 0.252 e. The number of para-hydroxylation sites is 2. The summed E-state index contributed by atoms with van der Waals surface area (Å²) in [4.78, 5) is 21.0. The first kappa shape index (κ1) is 24.6. The van der Waals surface area contributed by atoms with E-state index in [1.54, 1.807) is 7.11 Å². The number of imidazole rings is 1. The molecular weight excluding hydrogens is 460 g/mol. The molecule has 2 aromatic carbocycles. The van der Waals surface area contributed by atoms with E-state index in [2.05, 4.69) is 70.2 Å². The van der Waals surface area contributed by atoms with Gasteiger partial charge in [0.25, 0.3) is 5.91 Å². The molecule has 3 heterocycles. The van der Waals surface area contributed by atoms with Crippen molar-refractivity contribution < 1.29 is 9.53 Å². The second-order valence-corrected chi connectivity index (χ2v) is 11.4. The first-order valence-electron chi connectivity index (χ1n) is 14.2. The number of nitrogens with one attached hydrogen (secondary N) is 1. The van der Waals surface area contributed by atoms with E-state index in [0.29, 0.717) is 18.1 Å². The Bertz CT molecular complexity index is 1220. The van der Waals surface area contributed by atoms with Crippen LogP contribution in [0.5, 0.6) is 0 Å². The quantitative estimate of drug-likeness (QED) is 0.430. The average molecular weight is 501 g/mol. The lowest BCUT2D eigenvalue weighted by Gasteiger charge is -2.40.